The predicted octanol–water partition coefficient (Wildman–Crippen LogP) is 2.98. The molecule has 2 aromatic rings. The number of benzene rings is 2. The van der Waals surface area contributed by atoms with Gasteiger partial charge in [0.2, 0.25) is 10.0 Å². The molecular formula is C16H14F3NO4S. The van der Waals surface area contributed by atoms with Gasteiger partial charge in [0.15, 0.2) is 0 Å². The van der Waals surface area contributed by atoms with Crippen LogP contribution in [0.25, 0.3) is 0 Å². The molecule has 2 rings (SSSR count). The zero-order valence-corrected chi connectivity index (χ0v) is 13.6. The van der Waals surface area contributed by atoms with Crippen molar-refractivity contribution >= 4 is 16.0 Å². The van der Waals surface area contributed by atoms with E-state index in [1.807, 2.05) is 0 Å². The van der Waals surface area contributed by atoms with Crippen LogP contribution in [0, 0.1) is 0 Å². The molecule has 0 aliphatic heterocycles. The average molecular weight is 373 g/mol. The lowest BCUT2D eigenvalue weighted by Crippen LogP contribution is -2.35. The number of alkyl halides is 3. The summed E-state index contributed by atoms with van der Waals surface area (Å²) in [5, 5.41) is 8.97. The molecule has 0 atom stereocenters. The Morgan fingerprint density at radius 3 is 2.24 bits per heavy atom. The molecule has 1 N–H and O–H groups in total. The van der Waals surface area contributed by atoms with Gasteiger partial charge in [-0.1, -0.05) is 36.4 Å². The van der Waals surface area contributed by atoms with E-state index in [4.69, 9.17) is 5.11 Å². The maximum absolute atomic E-state index is 12.8. The van der Waals surface area contributed by atoms with Crippen molar-refractivity contribution in [1.29, 1.82) is 0 Å². The molecule has 134 valence electrons. The van der Waals surface area contributed by atoms with Gasteiger partial charge in [-0.15, -0.1) is 0 Å². The van der Waals surface area contributed by atoms with Crippen molar-refractivity contribution in [2.24, 2.45) is 0 Å². The number of nitrogens with zero attached hydrogens (tertiary/aromatic N) is 1. The normalized spacial score (nSPS) is 12.3. The van der Waals surface area contributed by atoms with E-state index in [0.29, 0.717) is 15.9 Å². The van der Waals surface area contributed by atoms with Gasteiger partial charge in [-0.3, -0.25) is 4.79 Å². The van der Waals surface area contributed by atoms with Gasteiger partial charge >= 0.3 is 12.1 Å². The maximum atomic E-state index is 12.8. The second-order valence-corrected chi connectivity index (χ2v) is 7.12. The Hall–Kier alpha value is -2.39. The SMILES string of the molecule is O=C(O)CN(Cc1ccccc1)S(=O)(=O)c1cccc(C(F)(F)F)c1. The third-order valence-corrected chi connectivity index (χ3v) is 5.10. The van der Waals surface area contributed by atoms with E-state index in [0.717, 1.165) is 18.2 Å². The molecule has 0 amide bonds. The number of carboxylic acid groups (broad SMARTS) is 1. The smallest absolute Gasteiger partial charge is 0.416 e. The molecule has 0 saturated heterocycles. The second kappa shape index (κ2) is 7.24. The Kier molecular flexibility index (Phi) is 5.48. The molecule has 0 radical (unpaired) electrons. The van der Waals surface area contributed by atoms with Gasteiger partial charge in [0.1, 0.15) is 6.54 Å². The third-order valence-electron chi connectivity index (χ3n) is 3.31. The summed E-state index contributed by atoms with van der Waals surface area (Å²) in [4.78, 5) is 10.4. The van der Waals surface area contributed by atoms with Crippen LogP contribution in [0.4, 0.5) is 13.2 Å². The van der Waals surface area contributed by atoms with Crippen LogP contribution >= 0.6 is 0 Å². The molecule has 0 saturated carbocycles. The van der Waals surface area contributed by atoms with Crippen molar-refractivity contribution in [1.82, 2.24) is 4.31 Å². The second-order valence-electron chi connectivity index (χ2n) is 5.18. The molecular weight excluding hydrogens is 359 g/mol. The van der Waals surface area contributed by atoms with Crippen LogP contribution in [-0.4, -0.2) is 30.3 Å². The summed E-state index contributed by atoms with van der Waals surface area (Å²) in [5.74, 6) is -1.41. The van der Waals surface area contributed by atoms with Crippen LogP contribution in [0.1, 0.15) is 11.1 Å². The molecule has 0 aliphatic rings. The molecule has 0 unspecified atom stereocenters. The van der Waals surface area contributed by atoms with Crippen molar-refractivity contribution in [3.63, 3.8) is 0 Å². The van der Waals surface area contributed by atoms with Crippen LogP contribution in [0.2, 0.25) is 0 Å². The Morgan fingerprint density at radius 1 is 1.04 bits per heavy atom. The quantitative estimate of drug-likeness (QED) is 0.845. The van der Waals surface area contributed by atoms with Gasteiger partial charge in [0.25, 0.3) is 0 Å². The van der Waals surface area contributed by atoms with Gasteiger partial charge in [-0.05, 0) is 23.8 Å². The fraction of sp³-hybridized carbons (Fsp3) is 0.188. The first-order valence-corrected chi connectivity index (χ1v) is 8.48. The first-order valence-electron chi connectivity index (χ1n) is 7.04. The summed E-state index contributed by atoms with van der Waals surface area (Å²) >= 11 is 0. The topological polar surface area (TPSA) is 74.7 Å². The van der Waals surface area contributed by atoms with Crippen LogP contribution in [0.5, 0.6) is 0 Å². The zero-order chi connectivity index (χ0) is 18.7. The average Bonchev–Trinajstić information content (AvgIpc) is 2.54. The fourth-order valence-corrected chi connectivity index (χ4v) is 3.57. The summed E-state index contributed by atoms with van der Waals surface area (Å²) < 4.78 is 64.4. The number of hydrogen-bond acceptors (Lipinski definition) is 3. The monoisotopic (exact) mass is 373 g/mol. The lowest BCUT2D eigenvalue weighted by atomic mass is 10.2. The Labute approximate surface area is 142 Å². The number of carbonyl (C=O) groups is 1. The van der Waals surface area contributed by atoms with Gasteiger partial charge < -0.3 is 5.11 Å². The molecule has 9 heteroatoms. The number of hydrogen-bond donors (Lipinski definition) is 1. The minimum absolute atomic E-state index is 0.272. The standard InChI is InChI=1S/C16H14F3NO4S/c17-16(18,19)13-7-4-8-14(9-13)25(23,24)20(11-15(21)22)10-12-5-2-1-3-6-12/h1-9H,10-11H2,(H,21,22). The van der Waals surface area contributed by atoms with Gasteiger partial charge in [0.05, 0.1) is 10.5 Å². The van der Waals surface area contributed by atoms with Gasteiger partial charge in [-0.25, -0.2) is 8.42 Å². The minimum atomic E-state index is -4.71. The highest BCUT2D eigenvalue weighted by molar-refractivity contribution is 7.89. The lowest BCUT2D eigenvalue weighted by molar-refractivity contribution is -0.138. The maximum Gasteiger partial charge on any atom is 0.416 e. The summed E-state index contributed by atoms with van der Waals surface area (Å²) in [6.07, 6.45) is -4.71. The van der Waals surface area contributed by atoms with Crippen molar-refractivity contribution in [2.45, 2.75) is 17.6 Å². The van der Waals surface area contributed by atoms with Gasteiger partial charge in [0, 0.05) is 6.54 Å². The van der Waals surface area contributed by atoms with Crippen molar-refractivity contribution in [3.05, 3.63) is 65.7 Å². The van der Waals surface area contributed by atoms with E-state index in [1.165, 1.54) is 0 Å². The van der Waals surface area contributed by atoms with Crippen LogP contribution in [-0.2, 0) is 27.5 Å². The van der Waals surface area contributed by atoms with Crippen LogP contribution < -0.4 is 0 Å². The molecule has 0 fully saturated rings. The highest BCUT2D eigenvalue weighted by atomic mass is 32.2. The lowest BCUT2D eigenvalue weighted by Gasteiger charge is -2.21. The number of sulfonamides is 1. The van der Waals surface area contributed by atoms with Crippen molar-refractivity contribution in [2.75, 3.05) is 6.54 Å². The summed E-state index contributed by atoms with van der Waals surface area (Å²) in [6.45, 7) is -1.14. The molecule has 0 heterocycles. The number of aliphatic carboxylic acids is 1. The largest absolute Gasteiger partial charge is 0.480 e. The van der Waals surface area contributed by atoms with Crippen molar-refractivity contribution in [3.8, 4) is 0 Å². The Bertz CT molecular complexity index is 851. The predicted molar refractivity (Wildman–Crippen MR) is 83.1 cm³/mol. The van der Waals surface area contributed by atoms with Crippen LogP contribution in [0.15, 0.2) is 59.5 Å². The summed E-state index contributed by atoms with van der Waals surface area (Å²) in [6, 6.07) is 11.4. The number of halogens is 3. The summed E-state index contributed by atoms with van der Waals surface area (Å²) in [7, 11) is -4.42. The van der Waals surface area contributed by atoms with Gasteiger partial charge in [-0.2, -0.15) is 17.5 Å². The van der Waals surface area contributed by atoms with E-state index in [9.17, 15) is 26.4 Å². The molecule has 0 aliphatic carbocycles. The number of rotatable bonds is 6. The first kappa shape index (κ1) is 18.9. The molecule has 0 spiro atoms. The summed E-state index contributed by atoms with van der Waals surface area (Å²) in [5.41, 5.74) is -0.608. The van der Waals surface area contributed by atoms with Crippen LogP contribution in [0.3, 0.4) is 0 Å². The first-order chi connectivity index (χ1) is 11.6. The van der Waals surface area contributed by atoms with Crippen molar-refractivity contribution < 1.29 is 31.5 Å². The van der Waals surface area contributed by atoms with E-state index >= 15 is 0 Å². The fourth-order valence-electron chi connectivity index (χ4n) is 2.15. The minimum Gasteiger partial charge on any atom is -0.480 e. The molecule has 2 aromatic carbocycles. The zero-order valence-electron chi connectivity index (χ0n) is 12.8. The molecule has 0 aromatic heterocycles. The van der Waals surface area contributed by atoms with E-state index < -0.39 is 39.2 Å². The molecule has 5 nitrogen and oxygen atoms in total. The Morgan fingerprint density at radius 2 is 1.68 bits per heavy atom. The third kappa shape index (κ3) is 4.80. The van der Waals surface area contributed by atoms with E-state index in [-0.39, 0.29) is 6.54 Å². The molecule has 25 heavy (non-hydrogen) atoms. The van der Waals surface area contributed by atoms with E-state index in [1.54, 1.807) is 30.3 Å². The van der Waals surface area contributed by atoms with E-state index in [2.05, 4.69) is 0 Å². The highest BCUT2D eigenvalue weighted by Gasteiger charge is 2.33. The number of carboxylic acids is 1. The molecule has 0 bridgehead atoms. The Balaban J connectivity index is 2.43. The highest BCUT2D eigenvalue weighted by Crippen LogP contribution is 2.31.